The number of amides is 1. The van der Waals surface area contributed by atoms with Gasteiger partial charge in [0.15, 0.2) is 0 Å². The molecule has 15 heavy (non-hydrogen) atoms. The van der Waals surface area contributed by atoms with Gasteiger partial charge in [-0.3, -0.25) is 4.79 Å². The number of nitrogen functional groups attached to an aromatic ring is 1. The number of rotatable bonds is 3. The highest BCUT2D eigenvalue weighted by atomic mass is 32.1. The van der Waals surface area contributed by atoms with Crippen LogP contribution in [-0.2, 0) is 11.3 Å². The predicted octanol–water partition coefficient (Wildman–Crippen LogP) is 0.560. The van der Waals surface area contributed by atoms with Crippen LogP contribution in [0.2, 0.25) is 0 Å². The smallest absolute Gasteiger partial charge is 0.246 e. The first kappa shape index (κ1) is 9.66. The lowest BCUT2D eigenvalue weighted by atomic mass is 10.5. The van der Waals surface area contributed by atoms with Gasteiger partial charge in [-0.25, -0.2) is 9.67 Å². The van der Waals surface area contributed by atoms with Crippen LogP contribution >= 0.6 is 11.3 Å². The highest BCUT2D eigenvalue weighted by Gasteiger charge is 2.04. The minimum absolute atomic E-state index is 0.111. The zero-order valence-corrected chi connectivity index (χ0v) is 8.57. The second kappa shape index (κ2) is 4.09. The summed E-state index contributed by atoms with van der Waals surface area (Å²) in [4.78, 5) is 15.2. The maximum absolute atomic E-state index is 11.5. The molecule has 0 aliphatic carbocycles. The van der Waals surface area contributed by atoms with Gasteiger partial charge in [0.05, 0.1) is 5.69 Å². The van der Waals surface area contributed by atoms with Crippen LogP contribution in [0.3, 0.4) is 0 Å². The average molecular weight is 223 g/mol. The van der Waals surface area contributed by atoms with Crippen molar-refractivity contribution >= 4 is 28.9 Å². The number of nitrogens with one attached hydrogen (secondary N) is 1. The molecule has 0 saturated carbocycles. The van der Waals surface area contributed by atoms with Crippen molar-refractivity contribution in [2.45, 2.75) is 6.54 Å². The fraction of sp³-hybridized carbons (Fsp3) is 0.125. The molecule has 2 rings (SSSR count). The first-order valence-corrected chi connectivity index (χ1v) is 5.15. The lowest BCUT2D eigenvalue weighted by Crippen LogP contribution is -2.18. The molecule has 6 nitrogen and oxygen atoms in total. The fourth-order valence-electron chi connectivity index (χ4n) is 1.07. The molecule has 78 valence electrons. The molecule has 0 saturated heterocycles. The van der Waals surface area contributed by atoms with E-state index in [0.717, 1.165) is 5.69 Å². The molecule has 2 aromatic rings. The number of aromatic nitrogens is 3. The van der Waals surface area contributed by atoms with Gasteiger partial charge in [-0.2, -0.15) is 11.3 Å². The largest absolute Gasteiger partial charge is 0.367 e. The summed E-state index contributed by atoms with van der Waals surface area (Å²) in [6, 6.07) is 1.83. The van der Waals surface area contributed by atoms with Crippen molar-refractivity contribution in [3.05, 3.63) is 23.2 Å². The molecular formula is C8H9N5OS. The van der Waals surface area contributed by atoms with Crippen molar-refractivity contribution in [1.29, 1.82) is 0 Å². The summed E-state index contributed by atoms with van der Waals surface area (Å²) >= 11 is 1.52. The van der Waals surface area contributed by atoms with Crippen LogP contribution in [0.1, 0.15) is 0 Å². The van der Waals surface area contributed by atoms with Gasteiger partial charge in [0.25, 0.3) is 0 Å². The molecule has 7 heteroatoms. The third-order valence-corrected chi connectivity index (χ3v) is 2.35. The first-order valence-electron chi connectivity index (χ1n) is 4.21. The summed E-state index contributed by atoms with van der Waals surface area (Å²) < 4.78 is 1.39. The highest BCUT2D eigenvalue weighted by Crippen LogP contribution is 2.11. The van der Waals surface area contributed by atoms with Crippen LogP contribution in [0.15, 0.2) is 23.2 Å². The number of nitrogens with zero attached hydrogens (tertiary/aromatic N) is 3. The second-order valence-electron chi connectivity index (χ2n) is 2.86. The third kappa shape index (κ3) is 2.53. The number of thiophene rings is 1. The Kier molecular flexibility index (Phi) is 2.64. The van der Waals surface area contributed by atoms with Gasteiger partial charge < -0.3 is 11.1 Å². The molecule has 0 aromatic carbocycles. The maximum Gasteiger partial charge on any atom is 0.246 e. The molecule has 0 radical (unpaired) electrons. The van der Waals surface area contributed by atoms with E-state index in [4.69, 9.17) is 5.73 Å². The topological polar surface area (TPSA) is 85.8 Å². The molecule has 0 bridgehead atoms. The van der Waals surface area contributed by atoms with Crippen molar-refractivity contribution in [3.8, 4) is 0 Å². The molecule has 0 spiro atoms. The number of carbonyl (C=O) groups is 1. The number of hydrogen-bond acceptors (Lipinski definition) is 5. The van der Waals surface area contributed by atoms with E-state index in [-0.39, 0.29) is 18.4 Å². The lowest BCUT2D eigenvalue weighted by molar-refractivity contribution is -0.116. The number of nitrogens with two attached hydrogens (primary N) is 1. The Balaban J connectivity index is 1.93. The normalized spacial score (nSPS) is 10.1. The van der Waals surface area contributed by atoms with Gasteiger partial charge in [0.1, 0.15) is 12.9 Å². The predicted molar refractivity (Wildman–Crippen MR) is 57.4 cm³/mol. The van der Waals surface area contributed by atoms with Gasteiger partial charge in [0.2, 0.25) is 11.9 Å². The lowest BCUT2D eigenvalue weighted by Gasteiger charge is -2.01. The average Bonchev–Trinajstić information content (AvgIpc) is 2.77. The standard InChI is InChI=1S/C8H9N5OS/c9-8-10-5-13(12-8)3-7(14)11-6-1-2-15-4-6/h1-2,4-5H,3H2,(H2,9,12)(H,11,14). The minimum atomic E-state index is -0.154. The number of carbonyl (C=O) groups excluding carboxylic acids is 1. The SMILES string of the molecule is Nc1ncn(CC(=O)Nc2ccsc2)n1. The Labute approximate surface area is 89.7 Å². The van der Waals surface area contributed by atoms with Crippen molar-refractivity contribution in [2.24, 2.45) is 0 Å². The Morgan fingerprint density at radius 3 is 3.13 bits per heavy atom. The Bertz CT molecular complexity index is 449. The highest BCUT2D eigenvalue weighted by molar-refractivity contribution is 7.08. The molecule has 1 amide bonds. The summed E-state index contributed by atoms with van der Waals surface area (Å²) in [5, 5.41) is 10.3. The van der Waals surface area contributed by atoms with E-state index in [0.29, 0.717) is 0 Å². The molecule has 3 N–H and O–H groups in total. The molecule has 0 aliphatic heterocycles. The van der Waals surface area contributed by atoms with Gasteiger partial charge in [-0.1, -0.05) is 0 Å². The second-order valence-corrected chi connectivity index (χ2v) is 3.64. The van der Waals surface area contributed by atoms with Crippen LogP contribution in [-0.4, -0.2) is 20.7 Å². The third-order valence-electron chi connectivity index (χ3n) is 1.66. The van der Waals surface area contributed by atoms with Crippen molar-refractivity contribution in [2.75, 3.05) is 11.1 Å². The zero-order chi connectivity index (χ0) is 10.7. The maximum atomic E-state index is 11.5. The molecule has 0 fully saturated rings. The van der Waals surface area contributed by atoms with Crippen LogP contribution in [0, 0.1) is 0 Å². The van der Waals surface area contributed by atoms with Crippen LogP contribution in [0.5, 0.6) is 0 Å². The zero-order valence-electron chi connectivity index (χ0n) is 7.75. The van der Waals surface area contributed by atoms with E-state index in [1.54, 1.807) is 0 Å². The van der Waals surface area contributed by atoms with E-state index in [9.17, 15) is 4.79 Å². The van der Waals surface area contributed by atoms with E-state index >= 15 is 0 Å². The van der Waals surface area contributed by atoms with Gasteiger partial charge in [-0.05, 0) is 11.4 Å². The molecule has 2 heterocycles. The number of anilines is 2. The first-order chi connectivity index (χ1) is 7.24. The minimum Gasteiger partial charge on any atom is -0.367 e. The summed E-state index contributed by atoms with van der Waals surface area (Å²) in [6.45, 7) is 0.111. The summed E-state index contributed by atoms with van der Waals surface area (Å²) in [5.74, 6) is 0.0108. The van der Waals surface area contributed by atoms with Crippen molar-refractivity contribution in [3.63, 3.8) is 0 Å². The van der Waals surface area contributed by atoms with Gasteiger partial charge >= 0.3 is 0 Å². The molecule has 0 aliphatic rings. The van der Waals surface area contributed by atoms with E-state index in [2.05, 4.69) is 15.4 Å². The summed E-state index contributed by atoms with van der Waals surface area (Å²) in [6.07, 6.45) is 1.42. The van der Waals surface area contributed by atoms with Crippen molar-refractivity contribution < 1.29 is 4.79 Å². The monoisotopic (exact) mass is 223 g/mol. The van der Waals surface area contributed by atoms with Crippen LogP contribution in [0.25, 0.3) is 0 Å². The summed E-state index contributed by atoms with van der Waals surface area (Å²) in [7, 11) is 0. The molecular weight excluding hydrogens is 214 g/mol. The molecule has 0 atom stereocenters. The Hall–Kier alpha value is -1.89. The Morgan fingerprint density at radius 1 is 1.67 bits per heavy atom. The van der Waals surface area contributed by atoms with Gasteiger partial charge in [-0.15, -0.1) is 5.10 Å². The van der Waals surface area contributed by atoms with Gasteiger partial charge in [0, 0.05) is 5.38 Å². The van der Waals surface area contributed by atoms with E-state index < -0.39 is 0 Å². The summed E-state index contributed by atoms with van der Waals surface area (Å²) in [5.41, 5.74) is 6.11. The van der Waals surface area contributed by atoms with Crippen molar-refractivity contribution in [1.82, 2.24) is 14.8 Å². The van der Waals surface area contributed by atoms with Crippen LogP contribution < -0.4 is 11.1 Å². The fourth-order valence-corrected chi connectivity index (χ4v) is 1.66. The Morgan fingerprint density at radius 2 is 2.53 bits per heavy atom. The number of hydrogen-bond donors (Lipinski definition) is 2. The quantitative estimate of drug-likeness (QED) is 0.796. The van der Waals surface area contributed by atoms with E-state index in [1.807, 2.05) is 16.8 Å². The molecule has 0 unspecified atom stereocenters. The van der Waals surface area contributed by atoms with Crippen LogP contribution in [0.4, 0.5) is 11.6 Å². The molecule has 2 aromatic heterocycles. The van der Waals surface area contributed by atoms with E-state index in [1.165, 1.54) is 22.3 Å².